The highest BCUT2D eigenvalue weighted by Gasteiger charge is 2.21. The molecule has 7 nitrogen and oxygen atoms in total. The molecule has 0 radical (unpaired) electrons. The Morgan fingerprint density at radius 2 is 1.89 bits per heavy atom. The Hall–Kier alpha value is -1.34. The zero-order chi connectivity index (χ0) is 14.3. The maximum absolute atomic E-state index is 11.8. The van der Waals surface area contributed by atoms with Crippen molar-refractivity contribution in [1.82, 2.24) is 15.1 Å². The molecule has 0 saturated carbocycles. The lowest BCUT2D eigenvalue weighted by molar-refractivity contribution is -0.138. The summed E-state index contributed by atoms with van der Waals surface area (Å²) in [6.45, 7) is 7.25. The SMILES string of the molecule is CC(C)OCCNC(=O)N1CCN(CC(=O)O)CC1. The van der Waals surface area contributed by atoms with Gasteiger partial charge in [-0.25, -0.2) is 4.79 Å². The summed E-state index contributed by atoms with van der Waals surface area (Å²) in [7, 11) is 0. The number of ether oxygens (including phenoxy) is 1. The Bertz CT molecular complexity index is 301. The molecule has 2 amide bonds. The van der Waals surface area contributed by atoms with Crippen LogP contribution in [0, 0.1) is 0 Å². The lowest BCUT2D eigenvalue weighted by atomic mass is 10.3. The molecule has 0 spiro atoms. The highest BCUT2D eigenvalue weighted by Crippen LogP contribution is 2.01. The molecule has 1 aliphatic heterocycles. The van der Waals surface area contributed by atoms with Gasteiger partial charge in [-0.15, -0.1) is 0 Å². The van der Waals surface area contributed by atoms with E-state index >= 15 is 0 Å². The second-order valence-corrected chi connectivity index (χ2v) is 4.81. The van der Waals surface area contributed by atoms with Crippen LogP contribution < -0.4 is 5.32 Å². The third kappa shape index (κ3) is 6.40. The molecule has 0 atom stereocenters. The fourth-order valence-electron chi connectivity index (χ4n) is 1.86. The third-order valence-corrected chi connectivity index (χ3v) is 2.85. The monoisotopic (exact) mass is 273 g/mol. The summed E-state index contributed by atoms with van der Waals surface area (Å²) in [6.07, 6.45) is 0.163. The van der Waals surface area contributed by atoms with Crippen LogP contribution in [0.1, 0.15) is 13.8 Å². The summed E-state index contributed by atoms with van der Waals surface area (Å²) in [5, 5.41) is 11.5. The topological polar surface area (TPSA) is 82.1 Å². The maximum Gasteiger partial charge on any atom is 0.317 e. The van der Waals surface area contributed by atoms with E-state index < -0.39 is 5.97 Å². The predicted octanol–water partition coefficient (Wildman–Crippen LogP) is -0.177. The van der Waals surface area contributed by atoms with Crippen molar-refractivity contribution in [2.45, 2.75) is 20.0 Å². The molecule has 2 N–H and O–H groups in total. The van der Waals surface area contributed by atoms with Gasteiger partial charge in [0.25, 0.3) is 0 Å². The van der Waals surface area contributed by atoms with Gasteiger partial charge in [-0.1, -0.05) is 0 Å². The number of hydrogen-bond acceptors (Lipinski definition) is 4. The molecule has 1 saturated heterocycles. The molecule has 1 heterocycles. The van der Waals surface area contributed by atoms with Crippen molar-refractivity contribution < 1.29 is 19.4 Å². The summed E-state index contributed by atoms with van der Waals surface area (Å²) < 4.78 is 5.33. The van der Waals surface area contributed by atoms with Gasteiger partial charge in [0.1, 0.15) is 0 Å². The number of piperazine rings is 1. The van der Waals surface area contributed by atoms with Crippen molar-refractivity contribution in [1.29, 1.82) is 0 Å². The molecule has 19 heavy (non-hydrogen) atoms. The highest BCUT2D eigenvalue weighted by molar-refractivity contribution is 5.74. The molecule has 0 bridgehead atoms. The normalized spacial score (nSPS) is 16.7. The Morgan fingerprint density at radius 3 is 2.42 bits per heavy atom. The number of carboxylic acids is 1. The molecule has 0 aliphatic carbocycles. The Labute approximate surface area is 113 Å². The summed E-state index contributed by atoms with van der Waals surface area (Å²) in [5.74, 6) is -0.830. The number of amides is 2. The van der Waals surface area contributed by atoms with Gasteiger partial charge in [-0.05, 0) is 13.8 Å². The van der Waals surface area contributed by atoms with E-state index in [-0.39, 0.29) is 18.7 Å². The summed E-state index contributed by atoms with van der Waals surface area (Å²) in [4.78, 5) is 25.9. The van der Waals surface area contributed by atoms with Crippen molar-refractivity contribution in [3.8, 4) is 0 Å². The van der Waals surface area contributed by atoms with E-state index in [1.54, 1.807) is 4.90 Å². The Balaban J connectivity index is 2.16. The van der Waals surface area contributed by atoms with Gasteiger partial charge in [-0.2, -0.15) is 0 Å². The number of nitrogens with one attached hydrogen (secondary N) is 1. The van der Waals surface area contributed by atoms with Gasteiger partial charge >= 0.3 is 12.0 Å². The van der Waals surface area contributed by atoms with Crippen molar-refractivity contribution in [3.63, 3.8) is 0 Å². The van der Waals surface area contributed by atoms with Crippen molar-refractivity contribution in [3.05, 3.63) is 0 Å². The zero-order valence-electron chi connectivity index (χ0n) is 11.6. The van der Waals surface area contributed by atoms with Gasteiger partial charge in [0.15, 0.2) is 0 Å². The fourth-order valence-corrected chi connectivity index (χ4v) is 1.86. The zero-order valence-corrected chi connectivity index (χ0v) is 11.6. The number of rotatable bonds is 6. The van der Waals surface area contributed by atoms with Crippen LogP contribution in [0.3, 0.4) is 0 Å². The van der Waals surface area contributed by atoms with Gasteiger partial charge in [0, 0.05) is 32.7 Å². The molecule has 1 rings (SSSR count). The minimum absolute atomic E-state index is 0.0394. The van der Waals surface area contributed by atoms with Crippen molar-refractivity contribution in [2.24, 2.45) is 0 Å². The number of carbonyl (C=O) groups excluding carboxylic acids is 1. The molecule has 0 unspecified atom stereocenters. The number of carbonyl (C=O) groups is 2. The Kier molecular flexibility index (Phi) is 6.58. The van der Waals surface area contributed by atoms with E-state index in [1.165, 1.54) is 0 Å². The second-order valence-electron chi connectivity index (χ2n) is 4.81. The predicted molar refractivity (Wildman–Crippen MR) is 70.1 cm³/mol. The van der Waals surface area contributed by atoms with E-state index in [0.29, 0.717) is 39.3 Å². The number of hydrogen-bond donors (Lipinski definition) is 2. The maximum atomic E-state index is 11.8. The van der Waals surface area contributed by atoms with Crippen LogP contribution in [0.25, 0.3) is 0 Å². The van der Waals surface area contributed by atoms with Crippen LogP contribution in [0.5, 0.6) is 0 Å². The van der Waals surface area contributed by atoms with Gasteiger partial charge in [0.2, 0.25) is 0 Å². The van der Waals surface area contributed by atoms with Crippen LogP contribution in [-0.2, 0) is 9.53 Å². The van der Waals surface area contributed by atoms with Crippen LogP contribution in [-0.4, -0.2) is 78.9 Å². The molecule has 0 aromatic heterocycles. The van der Waals surface area contributed by atoms with E-state index in [2.05, 4.69) is 5.32 Å². The number of urea groups is 1. The molecule has 0 aromatic carbocycles. The quantitative estimate of drug-likeness (QED) is 0.656. The lowest BCUT2D eigenvalue weighted by Crippen LogP contribution is -2.52. The van der Waals surface area contributed by atoms with E-state index in [9.17, 15) is 9.59 Å². The minimum atomic E-state index is -0.830. The molecular formula is C12H23N3O4. The molecule has 1 aliphatic rings. The minimum Gasteiger partial charge on any atom is -0.480 e. The van der Waals surface area contributed by atoms with Gasteiger partial charge < -0.3 is 20.1 Å². The fraction of sp³-hybridized carbons (Fsp3) is 0.833. The molecule has 1 fully saturated rings. The number of aliphatic carboxylic acids is 1. The van der Waals surface area contributed by atoms with Crippen molar-refractivity contribution in [2.75, 3.05) is 45.9 Å². The summed E-state index contributed by atoms with van der Waals surface area (Å²) in [6, 6.07) is -0.109. The average molecular weight is 273 g/mol. The highest BCUT2D eigenvalue weighted by atomic mass is 16.5. The first-order chi connectivity index (χ1) is 8.99. The summed E-state index contributed by atoms with van der Waals surface area (Å²) in [5.41, 5.74) is 0. The first kappa shape index (κ1) is 15.7. The van der Waals surface area contributed by atoms with Crippen LogP contribution in [0.15, 0.2) is 0 Å². The van der Waals surface area contributed by atoms with Crippen LogP contribution >= 0.6 is 0 Å². The van der Waals surface area contributed by atoms with E-state index in [4.69, 9.17) is 9.84 Å². The van der Waals surface area contributed by atoms with Gasteiger partial charge in [0.05, 0.1) is 19.3 Å². The van der Waals surface area contributed by atoms with Gasteiger partial charge in [-0.3, -0.25) is 9.69 Å². The standard InChI is InChI=1S/C12H23N3O4/c1-10(2)19-8-3-13-12(18)15-6-4-14(5-7-15)9-11(16)17/h10H,3-9H2,1-2H3,(H,13,18)(H,16,17). The number of nitrogens with zero attached hydrogens (tertiary/aromatic N) is 2. The first-order valence-corrected chi connectivity index (χ1v) is 6.57. The molecule has 7 heteroatoms. The molecular weight excluding hydrogens is 250 g/mol. The lowest BCUT2D eigenvalue weighted by Gasteiger charge is -2.33. The summed E-state index contributed by atoms with van der Waals surface area (Å²) >= 11 is 0. The first-order valence-electron chi connectivity index (χ1n) is 6.57. The second kappa shape index (κ2) is 7.96. The average Bonchev–Trinajstić information content (AvgIpc) is 2.34. The van der Waals surface area contributed by atoms with Crippen LogP contribution in [0.4, 0.5) is 4.79 Å². The third-order valence-electron chi connectivity index (χ3n) is 2.85. The van der Waals surface area contributed by atoms with E-state index in [0.717, 1.165) is 0 Å². The molecule has 110 valence electrons. The Morgan fingerprint density at radius 1 is 1.26 bits per heavy atom. The smallest absolute Gasteiger partial charge is 0.317 e. The largest absolute Gasteiger partial charge is 0.480 e. The number of carboxylic acid groups (broad SMARTS) is 1. The molecule has 0 aromatic rings. The van der Waals surface area contributed by atoms with Crippen molar-refractivity contribution >= 4 is 12.0 Å². The van der Waals surface area contributed by atoms with E-state index in [1.807, 2.05) is 18.7 Å². The van der Waals surface area contributed by atoms with Crippen LogP contribution in [0.2, 0.25) is 0 Å².